The number of hydrogen-bond donors (Lipinski definition) is 2. The van der Waals surface area contributed by atoms with Crippen LogP contribution in [0.5, 0.6) is 0 Å². The van der Waals surface area contributed by atoms with Gasteiger partial charge in [0.05, 0.1) is 18.4 Å². The molecule has 0 spiro atoms. The molecule has 94 valence electrons. The Morgan fingerprint density at radius 3 is 2.41 bits per heavy atom. The number of nitrogens with zero attached hydrogens (tertiary/aromatic N) is 1. The first-order chi connectivity index (χ1) is 8.15. The number of aliphatic hydroxyl groups is 1. The highest BCUT2D eigenvalue weighted by Gasteiger charge is 2.49. The van der Waals surface area contributed by atoms with Crippen LogP contribution in [0.3, 0.4) is 0 Å². The molecule has 2 rings (SSSR count). The Morgan fingerprint density at radius 1 is 1.29 bits per heavy atom. The van der Waals surface area contributed by atoms with Crippen molar-refractivity contribution >= 4 is 17.7 Å². The van der Waals surface area contributed by atoms with Gasteiger partial charge in [0, 0.05) is 6.54 Å². The third kappa shape index (κ3) is 2.17. The van der Waals surface area contributed by atoms with Crippen LogP contribution in [0.15, 0.2) is 0 Å². The van der Waals surface area contributed by atoms with E-state index in [4.69, 9.17) is 5.11 Å². The molecular formula is C11H16N2O4. The van der Waals surface area contributed by atoms with Gasteiger partial charge in [-0.05, 0) is 12.8 Å². The van der Waals surface area contributed by atoms with Crippen molar-refractivity contribution < 1.29 is 19.5 Å². The largest absolute Gasteiger partial charge is 0.395 e. The summed E-state index contributed by atoms with van der Waals surface area (Å²) in [6.07, 6.45) is 2.42. The summed E-state index contributed by atoms with van der Waals surface area (Å²) in [5.41, 5.74) is 0. The van der Waals surface area contributed by atoms with Crippen molar-refractivity contribution in [2.75, 3.05) is 19.7 Å². The van der Waals surface area contributed by atoms with Gasteiger partial charge in [0.25, 0.3) is 0 Å². The maximum absolute atomic E-state index is 11.9. The standard InChI is InChI=1S/C11H16N2O4/c14-5-4-12-9(15)6-13-10(16)7-2-1-3-8(7)11(13)17/h7-8,14H,1-6H2,(H,12,15). The van der Waals surface area contributed by atoms with Crippen molar-refractivity contribution in [1.29, 1.82) is 0 Å². The van der Waals surface area contributed by atoms with Crippen LogP contribution in [0.1, 0.15) is 19.3 Å². The van der Waals surface area contributed by atoms with Gasteiger partial charge in [0.1, 0.15) is 6.54 Å². The Hall–Kier alpha value is -1.43. The minimum atomic E-state index is -0.402. The van der Waals surface area contributed by atoms with E-state index in [0.29, 0.717) is 0 Å². The molecule has 2 fully saturated rings. The van der Waals surface area contributed by atoms with Crippen molar-refractivity contribution in [1.82, 2.24) is 10.2 Å². The third-order valence-electron chi connectivity index (χ3n) is 3.42. The highest BCUT2D eigenvalue weighted by atomic mass is 16.3. The molecule has 1 heterocycles. The van der Waals surface area contributed by atoms with Crippen LogP contribution in [0.4, 0.5) is 0 Å². The van der Waals surface area contributed by atoms with E-state index >= 15 is 0 Å². The smallest absolute Gasteiger partial charge is 0.240 e. The van der Waals surface area contributed by atoms with Crippen LogP contribution in [-0.4, -0.2) is 47.4 Å². The van der Waals surface area contributed by atoms with Crippen molar-refractivity contribution in [2.24, 2.45) is 11.8 Å². The lowest BCUT2D eigenvalue weighted by molar-refractivity contribution is -0.144. The molecule has 6 heteroatoms. The van der Waals surface area contributed by atoms with E-state index in [2.05, 4.69) is 5.32 Å². The summed E-state index contributed by atoms with van der Waals surface area (Å²) in [6, 6.07) is 0. The molecule has 0 aromatic rings. The number of hydrogen-bond acceptors (Lipinski definition) is 4. The summed E-state index contributed by atoms with van der Waals surface area (Å²) in [6.45, 7) is -0.231. The number of likely N-dealkylation sites (tertiary alicyclic amines) is 1. The van der Waals surface area contributed by atoms with Crippen molar-refractivity contribution in [3.05, 3.63) is 0 Å². The van der Waals surface area contributed by atoms with E-state index in [-0.39, 0.29) is 43.3 Å². The minimum Gasteiger partial charge on any atom is -0.395 e. The van der Waals surface area contributed by atoms with Crippen LogP contribution in [0.2, 0.25) is 0 Å². The number of carbonyl (C=O) groups excluding carboxylic acids is 3. The Bertz CT molecular complexity index is 333. The summed E-state index contributed by atoms with van der Waals surface area (Å²) < 4.78 is 0. The Balaban J connectivity index is 1.95. The number of fused-ring (bicyclic) bond motifs is 1. The lowest BCUT2D eigenvalue weighted by Gasteiger charge is -2.15. The number of imide groups is 1. The molecule has 3 amide bonds. The first-order valence-electron chi connectivity index (χ1n) is 5.88. The second-order valence-electron chi connectivity index (χ2n) is 4.48. The summed E-state index contributed by atoms with van der Waals surface area (Å²) in [7, 11) is 0. The molecule has 0 aromatic heterocycles. The average molecular weight is 240 g/mol. The molecule has 0 bridgehead atoms. The van der Waals surface area contributed by atoms with Gasteiger partial charge >= 0.3 is 0 Å². The van der Waals surface area contributed by atoms with Crippen molar-refractivity contribution in [3.8, 4) is 0 Å². The molecule has 0 radical (unpaired) electrons. The average Bonchev–Trinajstić information content (AvgIpc) is 2.87. The minimum absolute atomic E-state index is 0.141. The number of carbonyl (C=O) groups is 3. The molecule has 6 nitrogen and oxygen atoms in total. The second kappa shape index (κ2) is 4.83. The summed E-state index contributed by atoms with van der Waals surface area (Å²) in [5.74, 6) is -1.23. The molecule has 2 unspecified atom stereocenters. The molecule has 1 saturated heterocycles. The van der Waals surface area contributed by atoms with Crippen LogP contribution >= 0.6 is 0 Å². The molecular weight excluding hydrogens is 224 g/mol. The van der Waals surface area contributed by atoms with Crippen LogP contribution < -0.4 is 5.32 Å². The molecule has 17 heavy (non-hydrogen) atoms. The van der Waals surface area contributed by atoms with Gasteiger partial charge < -0.3 is 10.4 Å². The normalized spacial score (nSPS) is 27.5. The molecule has 2 aliphatic rings. The maximum atomic E-state index is 11.9. The molecule has 1 saturated carbocycles. The van der Waals surface area contributed by atoms with Crippen molar-refractivity contribution in [3.63, 3.8) is 0 Å². The lowest BCUT2D eigenvalue weighted by atomic mass is 10.00. The van der Waals surface area contributed by atoms with Gasteiger partial charge in [0.2, 0.25) is 17.7 Å². The Morgan fingerprint density at radius 2 is 1.88 bits per heavy atom. The molecule has 2 atom stereocenters. The zero-order chi connectivity index (χ0) is 12.4. The zero-order valence-electron chi connectivity index (χ0n) is 9.52. The van der Waals surface area contributed by atoms with Gasteiger partial charge in [-0.3, -0.25) is 19.3 Å². The van der Waals surface area contributed by atoms with E-state index < -0.39 is 5.91 Å². The highest BCUT2D eigenvalue weighted by Crippen LogP contribution is 2.39. The number of nitrogens with one attached hydrogen (secondary N) is 1. The predicted octanol–water partition coefficient (Wildman–Crippen LogP) is -1.12. The topological polar surface area (TPSA) is 86.7 Å². The number of aliphatic hydroxyl groups excluding tert-OH is 1. The quantitative estimate of drug-likeness (QED) is 0.609. The van der Waals surface area contributed by atoms with Gasteiger partial charge in [-0.1, -0.05) is 6.42 Å². The third-order valence-corrected chi connectivity index (χ3v) is 3.42. The predicted molar refractivity (Wildman–Crippen MR) is 57.6 cm³/mol. The van der Waals surface area contributed by atoms with E-state index in [0.717, 1.165) is 24.2 Å². The van der Waals surface area contributed by atoms with Crippen LogP contribution in [0, 0.1) is 11.8 Å². The first-order valence-corrected chi connectivity index (χ1v) is 5.88. The molecule has 2 N–H and O–H groups in total. The first kappa shape index (κ1) is 12.0. The van der Waals surface area contributed by atoms with Gasteiger partial charge in [0.15, 0.2) is 0 Å². The van der Waals surface area contributed by atoms with Gasteiger partial charge in [-0.25, -0.2) is 0 Å². The fraction of sp³-hybridized carbons (Fsp3) is 0.727. The highest BCUT2D eigenvalue weighted by molar-refractivity contribution is 6.07. The van der Waals surface area contributed by atoms with Crippen LogP contribution in [-0.2, 0) is 14.4 Å². The number of amides is 3. The van der Waals surface area contributed by atoms with Gasteiger partial charge in [-0.2, -0.15) is 0 Å². The summed E-state index contributed by atoms with van der Waals surface area (Å²) in [5, 5.41) is 11.0. The number of rotatable bonds is 4. The fourth-order valence-corrected chi connectivity index (χ4v) is 2.61. The second-order valence-corrected chi connectivity index (χ2v) is 4.48. The van der Waals surface area contributed by atoms with E-state index in [9.17, 15) is 14.4 Å². The monoisotopic (exact) mass is 240 g/mol. The summed E-state index contributed by atoms with van der Waals surface area (Å²) >= 11 is 0. The Kier molecular flexibility index (Phi) is 3.42. The Labute approximate surface area is 99.0 Å². The molecule has 1 aliphatic heterocycles. The van der Waals surface area contributed by atoms with E-state index in [1.807, 2.05) is 0 Å². The molecule has 1 aliphatic carbocycles. The molecule has 0 aromatic carbocycles. The SMILES string of the molecule is O=C(CN1C(=O)C2CCCC2C1=O)NCCO. The van der Waals surface area contributed by atoms with Crippen molar-refractivity contribution in [2.45, 2.75) is 19.3 Å². The van der Waals surface area contributed by atoms with Gasteiger partial charge in [-0.15, -0.1) is 0 Å². The fourth-order valence-electron chi connectivity index (χ4n) is 2.61. The maximum Gasteiger partial charge on any atom is 0.240 e. The van der Waals surface area contributed by atoms with E-state index in [1.165, 1.54) is 0 Å². The lowest BCUT2D eigenvalue weighted by Crippen LogP contribution is -2.42. The van der Waals surface area contributed by atoms with Crippen LogP contribution in [0.25, 0.3) is 0 Å². The summed E-state index contributed by atoms with van der Waals surface area (Å²) in [4.78, 5) is 36.2. The van der Waals surface area contributed by atoms with E-state index in [1.54, 1.807) is 0 Å². The zero-order valence-corrected chi connectivity index (χ0v) is 9.52.